The lowest BCUT2D eigenvalue weighted by atomic mass is 9.84. The molecule has 3 heterocycles. The van der Waals surface area contributed by atoms with Crippen LogP contribution in [0.4, 0.5) is 0 Å². The third-order valence-electron chi connectivity index (χ3n) is 9.77. The van der Waals surface area contributed by atoms with Gasteiger partial charge >= 0.3 is 0 Å². The topological polar surface area (TPSA) is 66.7 Å². The van der Waals surface area contributed by atoms with Crippen molar-refractivity contribution in [3.8, 4) is 39.5 Å². The molecule has 0 aliphatic carbocycles. The van der Waals surface area contributed by atoms with E-state index in [9.17, 15) is 5.11 Å². The molecule has 0 aliphatic rings. The monoisotopic (exact) mass is 628 g/mol. The minimum atomic E-state index is -0.0607. The molecular formula is C43H40N4O. The highest BCUT2D eigenvalue weighted by molar-refractivity contribution is 6.12. The minimum Gasteiger partial charge on any atom is -0.506 e. The number of imidazole rings is 1. The molecule has 3 aromatic heterocycles. The van der Waals surface area contributed by atoms with Crippen LogP contribution in [0.1, 0.15) is 52.7 Å². The van der Waals surface area contributed by atoms with Gasteiger partial charge in [-0.3, -0.25) is 0 Å². The second-order valence-corrected chi connectivity index (χ2v) is 15.1. The summed E-state index contributed by atoms with van der Waals surface area (Å²) in [7, 11) is 2.10. The predicted octanol–water partition coefficient (Wildman–Crippen LogP) is 11.1. The molecule has 5 aromatic carbocycles. The normalized spacial score (nSPS) is 12.6. The van der Waals surface area contributed by atoms with E-state index in [4.69, 9.17) is 9.97 Å². The molecular weight excluding hydrogens is 589 g/mol. The van der Waals surface area contributed by atoms with Crippen molar-refractivity contribution in [1.29, 1.82) is 0 Å². The molecule has 0 aliphatic heterocycles. The number of fused-ring (bicyclic) bond motifs is 5. The Labute approximate surface area is 280 Å². The molecule has 238 valence electrons. The van der Waals surface area contributed by atoms with E-state index < -0.39 is 0 Å². The Morgan fingerprint density at radius 1 is 0.604 bits per heavy atom. The number of phenolic OH excluding ortho intramolecular Hbond substituents is 1. The summed E-state index contributed by atoms with van der Waals surface area (Å²) in [5, 5.41) is 14.3. The Kier molecular flexibility index (Phi) is 6.58. The van der Waals surface area contributed by atoms with Crippen molar-refractivity contribution in [1.82, 2.24) is 19.5 Å². The number of pyridine rings is 1. The summed E-state index contributed by atoms with van der Waals surface area (Å²) in [4.78, 5) is 14.2. The van der Waals surface area contributed by atoms with E-state index in [0.29, 0.717) is 5.52 Å². The molecule has 0 radical (unpaired) electrons. The Hall–Kier alpha value is -5.42. The van der Waals surface area contributed by atoms with E-state index in [0.717, 1.165) is 61.2 Å². The summed E-state index contributed by atoms with van der Waals surface area (Å²) in [6.07, 6.45) is 0. The number of aromatic hydroxyl groups is 1. The lowest BCUT2D eigenvalue weighted by molar-refractivity contribution is 0.480. The molecule has 0 fully saturated rings. The van der Waals surface area contributed by atoms with E-state index in [-0.39, 0.29) is 16.6 Å². The molecule has 48 heavy (non-hydrogen) atoms. The Morgan fingerprint density at radius 3 is 2.08 bits per heavy atom. The number of benzene rings is 5. The number of phenols is 1. The third-order valence-corrected chi connectivity index (χ3v) is 9.77. The van der Waals surface area contributed by atoms with Crippen LogP contribution in [0.3, 0.4) is 0 Å². The number of rotatable bonds is 3. The third kappa shape index (κ3) is 4.76. The second-order valence-electron chi connectivity index (χ2n) is 15.1. The van der Waals surface area contributed by atoms with Crippen LogP contribution >= 0.6 is 0 Å². The molecule has 0 spiro atoms. The van der Waals surface area contributed by atoms with Gasteiger partial charge in [-0.1, -0.05) is 102 Å². The number of aromatic amines is 1. The van der Waals surface area contributed by atoms with Gasteiger partial charge in [-0.25, -0.2) is 9.97 Å². The van der Waals surface area contributed by atoms with Gasteiger partial charge in [-0.05, 0) is 75.5 Å². The summed E-state index contributed by atoms with van der Waals surface area (Å²) < 4.78 is 2.20. The van der Waals surface area contributed by atoms with Crippen molar-refractivity contribution >= 4 is 43.7 Å². The molecule has 5 nitrogen and oxygen atoms in total. The van der Waals surface area contributed by atoms with E-state index in [2.05, 4.69) is 125 Å². The quantitative estimate of drug-likeness (QED) is 0.205. The zero-order valence-corrected chi connectivity index (χ0v) is 28.6. The van der Waals surface area contributed by atoms with Gasteiger partial charge < -0.3 is 14.7 Å². The number of hydrogen-bond donors (Lipinski definition) is 2. The summed E-state index contributed by atoms with van der Waals surface area (Å²) in [6.45, 7) is 13.6. The fourth-order valence-corrected chi connectivity index (χ4v) is 6.97. The number of para-hydroxylation sites is 2. The Balaban J connectivity index is 1.40. The maximum Gasteiger partial charge on any atom is 0.143 e. The molecule has 0 saturated carbocycles. The van der Waals surface area contributed by atoms with Crippen molar-refractivity contribution in [2.75, 3.05) is 0 Å². The molecule has 2 N–H and O–H groups in total. The smallest absolute Gasteiger partial charge is 0.143 e. The van der Waals surface area contributed by atoms with Gasteiger partial charge in [0.05, 0.1) is 22.2 Å². The first-order valence-electron chi connectivity index (χ1n) is 16.6. The predicted molar refractivity (Wildman–Crippen MR) is 201 cm³/mol. The van der Waals surface area contributed by atoms with Crippen molar-refractivity contribution < 1.29 is 5.11 Å². The number of nitrogens with one attached hydrogen (secondary N) is 1. The van der Waals surface area contributed by atoms with Gasteiger partial charge in [-0.15, -0.1) is 0 Å². The second kappa shape index (κ2) is 10.5. The van der Waals surface area contributed by atoms with Crippen molar-refractivity contribution in [3.05, 3.63) is 114 Å². The number of nitrogens with zero attached hydrogens (tertiary/aromatic N) is 3. The first kappa shape index (κ1) is 29.9. The van der Waals surface area contributed by atoms with Gasteiger partial charge in [0.1, 0.15) is 17.1 Å². The van der Waals surface area contributed by atoms with Crippen LogP contribution in [0.25, 0.3) is 77.5 Å². The fourth-order valence-electron chi connectivity index (χ4n) is 6.97. The number of aromatic nitrogens is 4. The average Bonchev–Trinajstić information content (AvgIpc) is 3.61. The molecule has 0 bridgehead atoms. The van der Waals surface area contributed by atoms with Crippen molar-refractivity contribution in [2.24, 2.45) is 7.05 Å². The van der Waals surface area contributed by atoms with Crippen molar-refractivity contribution in [2.45, 2.75) is 52.4 Å². The van der Waals surface area contributed by atoms with Crippen LogP contribution < -0.4 is 0 Å². The van der Waals surface area contributed by atoms with Crippen LogP contribution in [-0.4, -0.2) is 24.6 Å². The Bertz CT molecular complexity index is 2540. The number of hydrogen-bond acceptors (Lipinski definition) is 3. The average molecular weight is 629 g/mol. The standard InChI is InChI=1S/C43H40N4O/c1-42(2,3)26-19-20-34-31(21-26)32-22-27(43(4,5)6)23-33(38(32)44-34)41-46-39-29(16-11-17-36(39)47(41)7)35-24-30(25-13-9-8-10-14-25)28-15-12-18-37(48)40(28)45-35/h8-24,44,48H,1-7H3. The van der Waals surface area contributed by atoms with Gasteiger partial charge in [-0.2, -0.15) is 0 Å². The molecule has 8 rings (SSSR count). The van der Waals surface area contributed by atoms with Crippen LogP contribution in [0, 0.1) is 0 Å². The van der Waals surface area contributed by atoms with Gasteiger partial charge in [0, 0.05) is 39.8 Å². The molecule has 8 aromatic rings. The van der Waals surface area contributed by atoms with Gasteiger partial charge in [0.25, 0.3) is 0 Å². The lowest BCUT2D eigenvalue weighted by Gasteiger charge is -2.21. The zero-order chi connectivity index (χ0) is 33.5. The van der Waals surface area contributed by atoms with E-state index in [1.165, 1.54) is 21.9 Å². The van der Waals surface area contributed by atoms with E-state index in [1.54, 1.807) is 6.07 Å². The molecule has 0 atom stereocenters. The maximum absolute atomic E-state index is 11.0. The van der Waals surface area contributed by atoms with E-state index in [1.807, 2.05) is 30.3 Å². The van der Waals surface area contributed by atoms with Crippen LogP contribution in [0.5, 0.6) is 5.75 Å². The minimum absolute atomic E-state index is 0.0456. The molecule has 0 saturated heterocycles. The number of H-pyrrole nitrogens is 1. The van der Waals surface area contributed by atoms with Crippen LogP contribution in [0.15, 0.2) is 103 Å². The molecule has 0 amide bonds. The highest BCUT2D eigenvalue weighted by atomic mass is 16.3. The summed E-state index contributed by atoms with van der Waals surface area (Å²) in [6, 6.07) is 35.8. The van der Waals surface area contributed by atoms with Crippen LogP contribution in [0.2, 0.25) is 0 Å². The van der Waals surface area contributed by atoms with Crippen molar-refractivity contribution in [3.63, 3.8) is 0 Å². The fraction of sp³-hybridized carbons (Fsp3) is 0.209. The maximum atomic E-state index is 11.0. The Morgan fingerprint density at radius 2 is 1.33 bits per heavy atom. The summed E-state index contributed by atoms with van der Waals surface area (Å²) in [5.74, 6) is 1.05. The first-order valence-corrected chi connectivity index (χ1v) is 16.6. The van der Waals surface area contributed by atoms with Gasteiger partial charge in [0.15, 0.2) is 0 Å². The van der Waals surface area contributed by atoms with Gasteiger partial charge in [0.2, 0.25) is 0 Å². The lowest BCUT2D eigenvalue weighted by Crippen LogP contribution is -2.11. The molecule has 5 heteroatoms. The highest BCUT2D eigenvalue weighted by Gasteiger charge is 2.24. The van der Waals surface area contributed by atoms with Crippen LogP contribution in [-0.2, 0) is 17.9 Å². The SMILES string of the molecule is Cn1c(-c2cc(C(C)(C)C)cc3c2[nH]c2ccc(C(C)(C)C)cc23)nc2c(-c3cc(-c4ccccc4)c4cccc(O)c4n3)cccc21. The summed E-state index contributed by atoms with van der Waals surface area (Å²) in [5.41, 5.74) is 12.1. The largest absolute Gasteiger partial charge is 0.506 e. The first-order chi connectivity index (χ1) is 22.9. The zero-order valence-electron chi connectivity index (χ0n) is 28.6. The van der Waals surface area contributed by atoms with E-state index >= 15 is 0 Å². The number of aryl methyl sites for hydroxylation is 1. The summed E-state index contributed by atoms with van der Waals surface area (Å²) >= 11 is 0. The highest BCUT2D eigenvalue weighted by Crippen LogP contribution is 2.41. The molecule has 0 unspecified atom stereocenters.